The SMILES string of the molecule is Cc1cc(CCCN)nc(C)n1. The lowest BCUT2D eigenvalue weighted by Crippen LogP contribution is -2.03. The molecule has 0 amide bonds. The van der Waals surface area contributed by atoms with Crippen molar-refractivity contribution in [3.05, 3.63) is 23.3 Å². The van der Waals surface area contributed by atoms with E-state index in [2.05, 4.69) is 9.97 Å². The van der Waals surface area contributed by atoms with Gasteiger partial charge in [-0.05, 0) is 39.3 Å². The maximum absolute atomic E-state index is 5.41. The molecule has 3 heteroatoms. The van der Waals surface area contributed by atoms with E-state index in [1.54, 1.807) is 0 Å². The van der Waals surface area contributed by atoms with Gasteiger partial charge in [0.05, 0.1) is 0 Å². The Hall–Kier alpha value is -0.960. The maximum Gasteiger partial charge on any atom is 0.125 e. The van der Waals surface area contributed by atoms with Crippen molar-refractivity contribution in [2.24, 2.45) is 5.73 Å². The summed E-state index contributed by atoms with van der Waals surface area (Å²) in [5, 5.41) is 0. The highest BCUT2D eigenvalue weighted by Gasteiger charge is 1.97. The van der Waals surface area contributed by atoms with Crippen molar-refractivity contribution in [2.45, 2.75) is 26.7 Å². The third-order valence-corrected chi connectivity index (χ3v) is 1.66. The summed E-state index contributed by atoms with van der Waals surface area (Å²) >= 11 is 0. The molecule has 0 unspecified atom stereocenters. The summed E-state index contributed by atoms with van der Waals surface area (Å²) in [5.74, 6) is 0.849. The summed E-state index contributed by atoms with van der Waals surface area (Å²) < 4.78 is 0. The fourth-order valence-corrected chi connectivity index (χ4v) is 1.20. The zero-order valence-electron chi connectivity index (χ0n) is 7.67. The smallest absolute Gasteiger partial charge is 0.125 e. The van der Waals surface area contributed by atoms with Crippen LogP contribution in [0, 0.1) is 13.8 Å². The predicted molar refractivity (Wildman–Crippen MR) is 48.9 cm³/mol. The second kappa shape index (κ2) is 4.16. The van der Waals surface area contributed by atoms with Crippen molar-refractivity contribution in [2.75, 3.05) is 6.54 Å². The molecule has 0 fully saturated rings. The highest BCUT2D eigenvalue weighted by Crippen LogP contribution is 2.02. The molecule has 0 saturated carbocycles. The molecule has 1 aromatic heterocycles. The molecule has 0 aliphatic carbocycles. The lowest BCUT2D eigenvalue weighted by atomic mass is 10.2. The highest BCUT2D eigenvalue weighted by atomic mass is 14.9. The first-order chi connectivity index (χ1) is 5.72. The summed E-state index contributed by atoms with van der Waals surface area (Å²) in [6, 6.07) is 2.02. The van der Waals surface area contributed by atoms with Crippen molar-refractivity contribution in [3.63, 3.8) is 0 Å². The van der Waals surface area contributed by atoms with Gasteiger partial charge in [-0.3, -0.25) is 0 Å². The standard InChI is InChI=1S/C9H15N3/c1-7-6-9(4-3-5-10)12-8(2)11-7/h6H,3-5,10H2,1-2H3. The van der Waals surface area contributed by atoms with Gasteiger partial charge in [0.15, 0.2) is 0 Å². The molecule has 66 valence electrons. The van der Waals surface area contributed by atoms with E-state index in [1.807, 2.05) is 19.9 Å². The van der Waals surface area contributed by atoms with Crippen molar-refractivity contribution in [3.8, 4) is 0 Å². The van der Waals surface area contributed by atoms with Gasteiger partial charge in [-0.15, -0.1) is 0 Å². The van der Waals surface area contributed by atoms with Crippen molar-refractivity contribution < 1.29 is 0 Å². The van der Waals surface area contributed by atoms with Crippen LogP contribution in [0.25, 0.3) is 0 Å². The van der Waals surface area contributed by atoms with Crippen LogP contribution < -0.4 is 5.73 Å². The van der Waals surface area contributed by atoms with Crippen molar-refractivity contribution in [1.29, 1.82) is 0 Å². The molecule has 0 atom stereocenters. The quantitative estimate of drug-likeness (QED) is 0.726. The molecule has 0 spiro atoms. The van der Waals surface area contributed by atoms with Crippen molar-refractivity contribution in [1.82, 2.24) is 9.97 Å². The topological polar surface area (TPSA) is 51.8 Å². The van der Waals surface area contributed by atoms with E-state index in [-0.39, 0.29) is 0 Å². The number of aryl methyl sites for hydroxylation is 3. The Kier molecular flexibility index (Phi) is 3.17. The fourth-order valence-electron chi connectivity index (χ4n) is 1.20. The first-order valence-electron chi connectivity index (χ1n) is 4.23. The second-order valence-corrected chi connectivity index (χ2v) is 2.94. The number of hydrogen-bond donors (Lipinski definition) is 1. The van der Waals surface area contributed by atoms with Crippen molar-refractivity contribution >= 4 is 0 Å². The molecule has 1 rings (SSSR count). The van der Waals surface area contributed by atoms with Crippen LogP contribution in [0.1, 0.15) is 23.6 Å². The summed E-state index contributed by atoms with van der Waals surface area (Å²) in [6.45, 7) is 4.63. The Morgan fingerprint density at radius 1 is 1.33 bits per heavy atom. The van der Waals surface area contributed by atoms with Gasteiger partial charge in [0.2, 0.25) is 0 Å². The lowest BCUT2D eigenvalue weighted by molar-refractivity contribution is 0.794. The number of aromatic nitrogens is 2. The van der Waals surface area contributed by atoms with Crippen LogP contribution in [0.5, 0.6) is 0 Å². The van der Waals surface area contributed by atoms with E-state index < -0.39 is 0 Å². The molecule has 1 aromatic rings. The average Bonchev–Trinajstić information content (AvgIpc) is 1.99. The Morgan fingerprint density at radius 3 is 2.67 bits per heavy atom. The summed E-state index contributed by atoms with van der Waals surface area (Å²) in [4.78, 5) is 8.50. The van der Waals surface area contributed by atoms with Gasteiger partial charge >= 0.3 is 0 Å². The fraction of sp³-hybridized carbons (Fsp3) is 0.556. The molecule has 2 N–H and O–H groups in total. The van der Waals surface area contributed by atoms with Crippen LogP contribution in [0.3, 0.4) is 0 Å². The number of hydrogen-bond acceptors (Lipinski definition) is 3. The second-order valence-electron chi connectivity index (χ2n) is 2.94. The van der Waals surface area contributed by atoms with Crippen LogP contribution in [0.15, 0.2) is 6.07 Å². The van der Waals surface area contributed by atoms with Crippen LogP contribution >= 0.6 is 0 Å². The Balaban J connectivity index is 2.72. The van der Waals surface area contributed by atoms with E-state index >= 15 is 0 Å². The van der Waals surface area contributed by atoms with E-state index in [0.29, 0.717) is 0 Å². The van der Waals surface area contributed by atoms with Crippen LogP contribution in [0.2, 0.25) is 0 Å². The number of nitrogens with two attached hydrogens (primary N) is 1. The largest absolute Gasteiger partial charge is 0.330 e. The predicted octanol–water partition coefficient (Wildman–Crippen LogP) is 0.985. The third kappa shape index (κ3) is 2.58. The first kappa shape index (κ1) is 9.13. The van der Waals surface area contributed by atoms with E-state index in [1.165, 1.54) is 0 Å². The molecule has 1 heterocycles. The van der Waals surface area contributed by atoms with Crippen LogP contribution in [-0.4, -0.2) is 16.5 Å². The van der Waals surface area contributed by atoms with Crippen LogP contribution in [0.4, 0.5) is 0 Å². The molecule has 0 saturated heterocycles. The monoisotopic (exact) mass is 165 g/mol. The van der Waals surface area contributed by atoms with E-state index in [0.717, 1.165) is 36.6 Å². The van der Waals surface area contributed by atoms with Gasteiger partial charge < -0.3 is 5.73 Å². The Bertz CT molecular complexity index is 238. The minimum atomic E-state index is 0.724. The zero-order chi connectivity index (χ0) is 8.97. The van der Waals surface area contributed by atoms with Gasteiger partial charge in [0, 0.05) is 11.4 Å². The van der Waals surface area contributed by atoms with E-state index in [4.69, 9.17) is 5.73 Å². The minimum Gasteiger partial charge on any atom is -0.330 e. The average molecular weight is 165 g/mol. The normalized spacial score (nSPS) is 10.2. The summed E-state index contributed by atoms with van der Waals surface area (Å²) in [6.07, 6.45) is 1.95. The third-order valence-electron chi connectivity index (χ3n) is 1.66. The molecule has 0 bridgehead atoms. The molecule has 3 nitrogen and oxygen atoms in total. The number of rotatable bonds is 3. The molecule has 0 aromatic carbocycles. The maximum atomic E-state index is 5.41. The summed E-state index contributed by atoms with van der Waals surface area (Å²) in [5.41, 5.74) is 7.55. The molecular formula is C9H15N3. The summed E-state index contributed by atoms with van der Waals surface area (Å²) in [7, 11) is 0. The van der Waals surface area contributed by atoms with Gasteiger partial charge in [-0.1, -0.05) is 0 Å². The Labute approximate surface area is 73.0 Å². The molecule has 12 heavy (non-hydrogen) atoms. The van der Waals surface area contributed by atoms with Gasteiger partial charge in [0.1, 0.15) is 5.82 Å². The van der Waals surface area contributed by atoms with Gasteiger partial charge in [0.25, 0.3) is 0 Å². The molecule has 0 radical (unpaired) electrons. The van der Waals surface area contributed by atoms with Gasteiger partial charge in [-0.25, -0.2) is 9.97 Å². The Morgan fingerprint density at radius 2 is 2.08 bits per heavy atom. The van der Waals surface area contributed by atoms with Crippen LogP contribution in [-0.2, 0) is 6.42 Å². The zero-order valence-corrected chi connectivity index (χ0v) is 7.67. The highest BCUT2D eigenvalue weighted by molar-refractivity contribution is 5.09. The lowest BCUT2D eigenvalue weighted by Gasteiger charge is -2.01. The molecule has 0 aliphatic rings. The minimum absolute atomic E-state index is 0.724. The molecule has 0 aliphatic heterocycles. The number of nitrogens with zero attached hydrogens (tertiary/aromatic N) is 2. The molecular weight excluding hydrogens is 150 g/mol. The van der Waals surface area contributed by atoms with E-state index in [9.17, 15) is 0 Å². The van der Waals surface area contributed by atoms with Gasteiger partial charge in [-0.2, -0.15) is 0 Å². The first-order valence-corrected chi connectivity index (χ1v) is 4.23.